The molecule has 6 nitrogen and oxygen atoms in total. The molecule has 4 aromatic rings. The Morgan fingerprint density at radius 3 is 2.54 bits per heavy atom. The van der Waals surface area contributed by atoms with E-state index in [1.54, 1.807) is 10.8 Å². The average molecular weight is 513 g/mol. The van der Waals surface area contributed by atoms with Crippen LogP contribution in [0, 0.1) is 0 Å². The molecule has 3 heterocycles. The fourth-order valence-electron chi connectivity index (χ4n) is 4.26. The van der Waals surface area contributed by atoms with Gasteiger partial charge in [-0.3, -0.25) is 5.32 Å². The maximum atomic E-state index is 13.5. The van der Waals surface area contributed by atoms with Gasteiger partial charge in [-0.05, 0) is 48.0 Å². The first-order chi connectivity index (χ1) is 17.6. The van der Waals surface area contributed by atoms with Gasteiger partial charge in [-0.25, -0.2) is 9.78 Å². The third-order valence-electron chi connectivity index (χ3n) is 7.38. The number of nitrogens with one attached hydrogen (secondary N) is 1. The molecule has 2 aromatic carbocycles. The van der Waals surface area contributed by atoms with Crippen LogP contribution >= 0.6 is 0 Å². The average Bonchev–Trinajstić information content (AvgIpc) is 3.48. The Kier molecular flexibility index (Phi) is 6.50. The molecule has 0 saturated carbocycles. The van der Waals surface area contributed by atoms with Gasteiger partial charge < -0.3 is 8.84 Å². The van der Waals surface area contributed by atoms with E-state index in [-0.39, 0.29) is 10.9 Å². The molecule has 1 aliphatic heterocycles. The molecule has 0 radical (unpaired) electrons. The number of anilines is 1. The Morgan fingerprint density at radius 1 is 1.05 bits per heavy atom. The van der Waals surface area contributed by atoms with Gasteiger partial charge in [0.05, 0.1) is 12.7 Å². The maximum absolute atomic E-state index is 13.5. The van der Waals surface area contributed by atoms with Crippen molar-refractivity contribution in [1.82, 2.24) is 4.98 Å². The number of carbonyl (C=O) groups is 1. The van der Waals surface area contributed by atoms with Gasteiger partial charge in [0, 0.05) is 12.0 Å². The lowest BCUT2D eigenvalue weighted by atomic mass is 10.1. The highest BCUT2D eigenvalue weighted by atomic mass is 28.4. The number of fused-ring (bicyclic) bond motifs is 1. The zero-order valence-electron chi connectivity index (χ0n) is 22.1. The van der Waals surface area contributed by atoms with Crippen LogP contribution in [0.3, 0.4) is 0 Å². The minimum absolute atomic E-state index is 0.0157. The molecule has 2 aromatic heterocycles. The van der Waals surface area contributed by atoms with Crippen LogP contribution in [0.5, 0.6) is 5.75 Å². The van der Waals surface area contributed by atoms with Crippen LogP contribution in [0.1, 0.15) is 42.6 Å². The fourth-order valence-corrected chi connectivity index (χ4v) is 5.28. The molecule has 0 spiro atoms. The van der Waals surface area contributed by atoms with Crippen molar-refractivity contribution < 1.29 is 18.2 Å². The van der Waals surface area contributed by atoms with Crippen molar-refractivity contribution in [2.75, 3.05) is 5.32 Å². The standard InChI is InChI=1S/C30H33N3O3Si/c1-30(2,3)37(4,5)36-24-14-9-13-22(18-24)27-20-33-28(25(31-27)17-21-11-7-6-8-12-21)32-26(29(33)34)19-23-15-10-16-35-23/h6-16,18,20,26H,17,19H2,1-5H3/p+1. The second-order valence-corrected chi connectivity index (χ2v) is 15.9. The number of benzene rings is 2. The Morgan fingerprint density at radius 2 is 1.84 bits per heavy atom. The molecular weight excluding hydrogens is 478 g/mol. The minimum Gasteiger partial charge on any atom is -0.543 e. The molecule has 1 N–H and O–H groups in total. The number of nitrogens with zero attached hydrogens (tertiary/aromatic N) is 2. The Hall–Kier alpha value is -3.71. The van der Waals surface area contributed by atoms with Crippen molar-refractivity contribution in [3.63, 3.8) is 0 Å². The van der Waals surface area contributed by atoms with Crippen molar-refractivity contribution in [2.24, 2.45) is 0 Å². The maximum Gasteiger partial charge on any atom is 0.359 e. The molecule has 1 unspecified atom stereocenters. The number of rotatable bonds is 7. The van der Waals surface area contributed by atoms with Crippen LogP contribution in [0.2, 0.25) is 18.1 Å². The highest BCUT2D eigenvalue weighted by Crippen LogP contribution is 2.38. The first-order valence-corrected chi connectivity index (χ1v) is 15.6. The smallest absolute Gasteiger partial charge is 0.359 e. The van der Waals surface area contributed by atoms with E-state index in [4.69, 9.17) is 13.8 Å². The lowest BCUT2D eigenvalue weighted by Crippen LogP contribution is -2.44. The van der Waals surface area contributed by atoms with Crippen LogP contribution in [0.4, 0.5) is 5.82 Å². The SMILES string of the molecule is CC(C)(C)[Si](C)(C)Oc1cccc(-c2c[n+]3c(c(Cc4ccccc4)n2)NC(Cc2ccco2)C3=O)c1. The molecule has 0 amide bonds. The van der Waals surface area contributed by atoms with Gasteiger partial charge in [-0.1, -0.05) is 63.2 Å². The van der Waals surface area contributed by atoms with Crippen molar-refractivity contribution in [1.29, 1.82) is 0 Å². The van der Waals surface area contributed by atoms with E-state index < -0.39 is 14.4 Å². The van der Waals surface area contributed by atoms with E-state index in [1.807, 2.05) is 60.8 Å². The second kappa shape index (κ2) is 9.63. The van der Waals surface area contributed by atoms with Crippen LogP contribution in [-0.4, -0.2) is 25.3 Å². The summed E-state index contributed by atoms with van der Waals surface area (Å²) in [6, 6.07) is 21.6. The van der Waals surface area contributed by atoms with Crippen LogP contribution < -0.4 is 14.3 Å². The van der Waals surface area contributed by atoms with Crippen LogP contribution in [-0.2, 0) is 12.8 Å². The quantitative estimate of drug-likeness (QED) is 0.233. The summed E-state index contributed by atoms with van der Waals surface area (Å²) in [5.41, 5.74) is 3.62. The van der Waals surface area contributed by atoms with E-state index in [0.29, 0.717) is 12.8 Å². The molecule has 5 rings (SSSR count). The van der Waals surface area contributed by atoms with Crippen molar-refractivity contribution in [2.45, 2.75) is 57.8 Å². The van der Waals surface area contributed by atoms with Gasteiger partial charge in [0.2, 0.25) is 14.4 Å². The number of hydrogen-bond donors (Lipinski definition) is 1. The van der Waals surface area contributed by atoms with Gasteiger partial charge in [-0.15, -0.1) is 0 Å². The molecular formula is C30H34N3O3Si+. The highest BCUT2D eigenvalue weighted by Gasteiger charge is 2.42. The van der Waals surface area contributed by atoms with Crippen LogP contribution in [0.15, 0.2) is 83.6 Å². The van der Waals surface area contributed by atoms with Gasteiger partial charge >= 0.3 is 11.7 Å². The van der Waals surface area contributed by atoms with Crippen molar-refractivity contribution >= 4 is 20.0 Å². The summed E-state index contributed by atoms with van der Waals surface area (Å²) >= 11 is 0. The lowest BCUT2D eigenvalue weighted by molar-refractivity contribution is -0.552. The third kappa shape index (κ3) is 5.23. The third-order valence-corrected chi connectivity index (χ3v) is 11.7. The second-order valence-electron chi connectivity index (χ2n) is 11.2. The summed E-state index contributed by atoms with van der Waals surface area (Å²) in [5.74, 6) is 2.33. The molecule has 0 bridgehead atoms. The summed E-state index contributed by atoms with van der Waals surface area (Å²) in [5, 5.41) is 3.51. The Balaban J connectivity index is 1.53. The monoisotopic (exact) mass is 512 g/mol. The largest absolute Gasteiger partial charge is 0.543 e. The van der Waals surface area contributed by atoms with E-state index in [9.17, 15) is 4.79 Å². The number of hydrogen-bond acceptors (Lipinski definition) is 5. The topological polar surface area (TPSA) is 68.2 Å². The molecule has 190 valence electrons. The first-order valence-electron chi connectivity index (χ1n) is 12.7. The summed E-state index contributed by atoms with van der Waals surface area (Å²) in [7, 11) is -2.00. The van der Waals surface area contributed by atoms with E-state index >= 15 is 0 Å². The highest BCUT2D eigenvalue weighted by molar-refractivity contribution is 6.74. The van der Waals surface area contributed by atoms with Crippen molar-refractivity contribution in [3.05, 3.63) is 96.2 Å². The predicted molar refractivity (Wildman–Crippen MR) is 147 cm³/mol. The van der Waals surface area contributed by atoms with Gasteiger partial charge in [0.25, 0.3) is 0 Å². The molecule has 1 aliphatic rings. The number of carbonyl (C=O) groups excluding carboxylic acids is 1. The summed E-state index contributed by atoms with van der Waals surface area (Å²) in [4.78, 5) is 18.5. The Bertz CT molecular complexity index is 1410. The molecule has 0 aliphatic carbocycles. The summed E-state index contributed by atoms with van der Waals surface area (Å²) in [6.45, 7) is 11.2. The lowest BCUT2D eigenvalue weighted by Gasteiger charge is -2.36. The summed E-state index contributed by atoms with van der Waals surface area (Å²) in [6.07, 6.45) is 4.56. The molecule has 7 heteroatoms. The molecule has 37 heavy (non-hydrogen) atoms. The van der Waals surface area contributed by atoms with Crippen molar-refractivity contribution in [3.8, 4) is 17.0 Å². The number of furan rings is 1. The Labute approximate surface area is 219 Å². The molecule has 0 saturated heterocycles. The van der Waals surface area contributed by atoms with Gasteiger partial charge in [-0.2, -0.15) is 4.57 Å². The van der Waals surface area contributed by atoms with E-state index in [1.165, 1.54) is 0 Å². The molecule has 0 fully saturated rings. The van der Waals surface area contributed by atoms with Crippen LogP contribution in [0.25, 0.3) is 11.3 Å². The fraction of sp³-hybridized carbons (Fsp3) is 0.300. The van der Waals surface area contributed by atoms with Gasteiger partial charge in [0.1, 0.15) is 29.1 Å². The number of aromatic nitrogens is 2. The van der Waals surface area contributed by atoms with E-state index in [0.717, 1.165) is 39.8 Å². The zero-order valence-corrected chi connectivity index (χ0v) is 23.1. The normalized spacial score (nSPS) is 15.4. The predicted octanol–water partition coefficient (Wildman–Crippen LogP) is 6.28. The van der Waals surface area contributed by atoms with E-state index in [2.05, 4.69) is 51.3 Å². The summed E-state index contributed by atoms with van der Waals surface area (Å²) < 4.78 is 13.8. The molecule has 1 atom stereocenters. The first kappa shape index (κ1) is 25.0. The zero-order chi connectivity index (χ0) is 26.2. The minimum atomic E-state index is -2.00. The van der Waals surface area contributed by atoms with Gasteiger partial charge in [0.15, 0.2) is 0 Å².